The highest BCUT2D eigenvalue weighted by Gasteiger charge is 2.24. The number of aryl methyl sites for hydroxylation is 1. The van der Waals surface area contributed by atoms with E-state index < -0.39 is 0 Å². The average molecular weight is 233 g/mol. The van der Waals surface area contributed by atoms with Gasteiger partial charge in [-0.2, -0.15) is 0 Å². The predicted octanol–water partition coefficient (Wildman–Crippen LogP) is 2.70. The van der Waals surface area contributed by atoms with Crippen LogP contribution in [0.1, 0.15) is 44.6 Å². The van der Waals surface area contributed by atoms with Crippen LogP contribution in [0, 0.1) is 18.8 Å². The van der Waals surface area contributed by atoms with Gasteiger partial charge in [0.05, 0.1) is 5.69 Å². The van der Waals surface area contributed by atoms with Gasteiger partial charge in [-0.3, -0.25) is 0 Å². The van der Waals surface area contributed by atoms with E-state index in [1.165, 1.54) is 19.3 Å². The van der Waals surface area contributed by atoms with Crippen molar-refractivity contribution in [2.75, 3.05) is 0 Å². The third-order valence-corrected chi connectivity index (χ3v) is 3.84. The largest absolute Gasteiger partial charge is 0.308 e. The molecule has 2 rings (SSSR count). The maximum absolute atomic E-state index is 4.43. The molecular weight excluding hydrogens is 210 g/mol. The number of hydrogen-bond acceptors (Lipinski definition) is 3. The molecule has 1 fully saturated rings. The fourth-order valence-corrected chi connectivity index (χ4v) is 2.66. The fourth-order valence-electron chi connectivity index (χ4n) is 2.66. The van der Waals surface area contributed by atoms with Crippen LogP contribution in [-0.4, -0.2) is 16.0 Å². The van der Waals surface area contributed by atoms with Crippen LogP contribution in [0.4, 0.5) is 0 Å². The van der Waals surface area contributed by atoms with Gasteiger partial charge in [0, 0.05) is 18.8 Å². The third kappa shape index (κ3) is 3.50. The van der Waals surface area contributed by atoms with E-state index in [4.69, 9.17) is 0 Å². The predicted molar refractivity (Wildman–Crippen MR) is 69.6 cm³/mol. The zero-order valence-electron chi connectivity index (χ0n) is 11.1. The van der Waals surface area contributed by atoms with Crippen LogP contribution >= 0.6 is 0 Å². The number of nitrogens with zero attached hydrogens (tertiary/aromatic N) is 2. The molecule has 3 heteroatoms. The molecule has 0 aliphatic heterocycles. The van der Waals surface area contributed by atoms with E-state index in [0.717, 1.165) is 29.9 Å². The summed E-state index contributed by atoms with van der Waals surface area (Å²) in [6.07, 6.45) is 5.87. The monoisotopic (exact) mass is 233 g/mol. The molecule has 0 spiro atoms. The minimum Gasteiger partial charge on any atom is -0.308 e. The van der Waals surface area contributed by atoms with Gasteiger partial charge >= 0.3 is 0 Å². The van der Waals surface area contributed by atoms with E-state index >= 15 is 0 Å². The van der Waals surface area contributed by atoms with Crippen molar-refractivity contribution in [3.8, 4) is 0 Å². The number of nitrogens with one attached hydrogen (secondary N) is 1. The summed E-state index contributed by atoms with van der Waals surface area (Å²) in [5.74, 6) is 2.50. The van der Waals surface area contributed by atoms with Gasteiger partial charge in [-0.15, -0.1) is 0 Å². The van der Waals surface area contributed by atoms with Gasteiger partial charge in [-0.1, -0.05) is 20.3 Å². The van der Waals surface area contributed by atoms with E-state index in [1.54, 1.807) is 0 Å². The van der Waals surface area contributed by atoms with Crippen molar-refractivity contribution in [2.45, 2.75) is 52.6 Å². The molecule has 1 N–H and O–H groups in total. The van der Waals surface area contributed by atoms with Crippen LogP contribution in [0.5, 0.6) is 0 Å². The lowest BCUT2D eigenvalue weighted by Crippen LogP contribution is -2.39. The second-order valence-electron chi connectivity index (χ2n) is 5.48. The Hall–Kier alpha value is -0.960. The topological polar surface area (TPSA) is 37.8 Å². The number of aromatic nitrogens is 2. The summed E-state index contributed by atoms with van der Waals surface area (Å²) in [5, 5.41) is 3.66. The summed E-state index contributed by atoms with van der Waals surface area (Å²) >= 11 is 0. The maximum Gasteiger partial charge on any atom is 0.125 e. The summed E-state index contributed by atoms with van der Waals surface area (Å²) in [6.45, 7) is 7.52. The fraction of sp³-hybridized carbons (Fsp3) is 0.714. The molecule has 1 aliphatic rings. The van der Waals surface area contributed by atoms with Gasteiger partial charge in [-0.05, 0) is 37.7 Å². The smallest absolute Gasteiger partial charge is 0.125 e. The molecule has 0 bridgehead atoms. The first-order chi connectivity index (χ1) is 8.15. The average Bonchev–Trinajstić information content (AvgIpc) is 2.30. The molecule has 0 radical (unpaired) electrons. The highest BCUT2D eigenvalue weighted by atomic mass is 15.0. The van der Waals surface area contributed by atoms with Crippen molar-refractivity contribution in [1.82, 2.24) is 15.3 Å². The van der Waals surface area contributed by atoms with Crippen molar-refractivity contribution < 1.29 is 0 Å². The molecular formula is C14H23N3. The molecule has 1 saturated carbocycles. The molecule has 3 unspecified atom stereocenters. The SMILES string of the molecule is Cc1nccc(CNC2CC(C)CCC2C)n1. The summed E-state index contributed by atoms with van der Waals surface area (Å²) in [4.78, 5) is 8.55. The zero-order valence-corrected chi connectivity index (χ0v) is 11.1. The Morgan fingerprint density at radius 1 is 1.35 bits per heavy atom. The normalized spacial score (nSPS) is 29.2. The van der Waals surface area contributed by atoms with Crippen LogP contribution < -0.4 is 5.32 Å². The first-order valence-corrected chi connectivity index (χ1v) is 6.67. The lowest BCUT2D eigenvalue weighted by molar-refractivity contribution is 0.227. The molecule has 3 atom stereocenters. The Morgan fingerprint density at radius 2 is 2.18 bits per heavy atom. The van der Waals surface area contributed by atoms with Crippen molar-refractivity contribution in [3.63, 3.8) is 0 Å². The third-order valence-electron chi connectivity index (χ3n) is 3.84. The summed E-state index contributed by atoms with van der Waals surface area (Å²) in [5.41, 5.74) is 1.10. The Morgan fingerprint density at radius 3 is 2.94 bits per heavy atom. The summed E-state index contributed by atoms with van der Waals surface area (Å²) in [6, 6.07) is 2.64. The van der Waals surface area contributed by atoms with Crippen LogP contribution in [-0.2, 0) is 6.54 Å². The number of rotatable bonds is 3. The van der Waals surface area contributed by atoms with Crippen molar-refractivity contribution in [1.29, 1.82) is 0 Å². The first kappa shape index (κ1) is 12.5. The Bertz CT molecular complexity index is 364. The summed E-state index contributed by atoms with van der Waals surface area (Å²) < 4.78 is 0. The Labute approximate surface area is 104 Å². The van der Waals surface area contributed by atoms with Crippen LogP contribution in [0.15, 0.2) is 12.3 Å². The van der Waals surface area contributed by atoms with Crippen LogP contribution in [0.3, 0.4) is 0 Å². The molecule has 17 heavy (non-hydrogen) atoms. The van der Waals surface area contributed by atoms with Gasteiger partial charge in [-0.25, -0.2) is 9.97 Å². The standard InChI is InChI=1S/C14H23N3/c1-10-4-5-11(2)14(8-10)16-9-13-6-7-15-12(3)17-13/h6-7,10-11,14,16H,4-5,8-9H2,1-3H3. The lowest BCUT2D eigenvalue weighted by atomic mass is 9.80. The molecule has 0 amide bonds. The molecule has 1 aromatic rings. The molecule has 1 heterocycles. The molecule has 1 aliphatic carbocycles. The van der Waals surface area contributed by atoms with E-state index in [9.17, 15) is 0 Å². The van der Waals surface area contributed by atoms with Crippen molar-refractivity contribution in [3.05, 3.63) is 23.8 Å². The van der Waals surface area contributed by atoms with E-state index in [1.807, 2.05) is 19.2 Å². The van der Waals surface area contributed by atoms with E-state index in [0.29, 0.717) is 6.04 Å². The van der Waals surface area contributed by atoms with Crippen LogP contribution in [0.25, 0.3) is 0 Å². The minimum absolute atomic E-state index is 0.647. The number of hydrogen-bond donors (Lipinski definition) is 1. The molecule has 0 saturated heterocycles. The van der Waals surface area contributed by atoms with Crippen molar-refractivity contribution in [2.24, 2.45) is 11.8 Å². The van der Waals surface area contributed by atoms with E-state index in [2.05, 4.69) is 29.1 Å². The van der Waals surface area contributed by atoms with Crippen molar-refractivity contribution >= 4 is 0 Å². The minimum atomic E-state index is 0.647. The summed E-state index contributed by atoms with van der Waals surface area (Å²) in [7, 11) is 0. The van der Waals surface area contributed by atoms with Gasteiger partial charge in [0.25, 0.3) is 0 Å². The highest BCUT2D eigenvalue weighted by Crippen LogP contribution is 2.28. The quantitative estimate of drug-likeness (QED) is 0.872. The van der Waals surface area contributed by atoms with Gasteiger partial charge in [0.1, 0.15) is 5.82 Å². The zero-order chi connectivity index (χ0) is 12.3. The van der Waals surface area contributed by atoms with Crippen LogP contribution in [0.2, 0.25) is 0 Å². The Kier molecular flexibility index (Phi) is 4.11. The second-order valence-corrected chi connectivity index (χ2v) is 5.48. The molecule has 0 aromatic carbocycles. The molecule has 1 aromatic heterocycles. The van der Waals surface area contributed by atoms with Gasteiger partial charge in [0.15, 0.2) is 0 Å². The lowest BCUT2D eigenvalue weighted by Gasteiger charge is -2.33. The second kappa shape index (κ2) is 5.58. The van der Waals surface area contributed by atoms with Gasteiger partial charge in [0.2, 0.25) is 0 Å². The molecule has 3 nitrogen and oxygen atoms in total. The van der Waals surface area contributed by atoms with Gasteiger partial charge < -0.3 is 5.32 Å². The molecule has 94 valence electrons. The van der Waals surface area contributed by atoms with E-state index in [-0.39, 0.29) is 0 Å². The maximum atomic E-state index is 4.43. The first-order valence-electron chi connectivity index (χ1n) is 6.67. The highest BCUT2D eigenvalue weighted by molar-refractivity contribution is 5.01. The Balaban J connectivity index is 1.88.